The van der Waals surface area contributed by atoms with E-state index in [0.29, 0.717) is 6.04 Å². The van der Waals surface area contributed by atoms with Gasteiger partial charge in [-0.1, -0.05) is 44.5 Å². The lowest BCUT2D eigenvalue weighted by Gasteiger charge is -2.19. The number of thioether (sulfide) groups is 1. The van der Waals surface area contributed by atoms with Gasteiger partial charge in [0.2, 0.25) is 0 Å². The predicted octanol–water partition coefficient (Wildman–Crippen LogP) is 4.03. The van der Waals surface area contributed by atoms with Gasteiger partial charge in [0.25, 0.3) is 0 Å². The van der Waals surface area contributed by atoms with Crippen molar-refractivity contribution in [3.63, 3.8) is 0 Å². The molecule has 0 radical (unpaired) electrons. The van der Waals surface area contributed by atoms with Gasteiger partial charge in [0.05, 0.1) is 0 Å². The highest BCUT2D eigenvalue weighted by Gasteiger charge is 2.11. The molecule has 1 aromatic carbocycles. The summed E-state index contributed by atoms with van der Waals surface area (Å²) in [7, 11) is 2.06. The monoisotopic (exact) mass is 251 g/mol. The van der Waals surface area contributed by atoms with Gasteiger partial charge in [0, 0.05) is 11.8 Å². The molecule has 0 heterocycles. The largest absolute Gasteiger partial charge is 0.312 e. The van der Waals surface area contributed by atoms with E-state index in [1.165, 1.54) is 23.3 Å². The average molecular weight is 251 g/mol. The number of hydrogen-bond donors (Lipinski definition) is 1. The summed E-state index contributed by atoms with van der Waals surface area (Å²) in [6.45, 7) is 6.79. The molecule has 96 valence electrons. The maximum Gasteiger partial charge on any atom is 0.0412 e. The number of aryl methyl sites for hydroxylation is 1. The van der Waals surface area contributed by atoms with Crippen molar-refractivity contribution >= 4 is 11.8 Å². The lowest BCUT2D eigenvalue weighted by atomic mass is 10.0. The summed E-state index contributed by atoms with van der Waals surface area (Å²) >= 11 is 2.06. The summed E-state index contributed by atoms with van der Waals surface area (Å²) in [4.78, 5) is 0. The van der Waals surface area contributed by atoms with E-state index in [1.54, 1.807) is 0 Å². The van der Waals surface area contributed by atoms with E-state index >= 15 is 0 Å². The molecule has 0 spiro atoms. The summed E-state index contributed by atoms with van der Waals surface area (Å²) in [6.07, 6.45) is 1.28. The van der Waals surface area contributed by atoms with E-state index in [0.717, 1.165) is 11.7 Å². The highest BCUT2D eigenvalue weighted by molar-refractivity contribution is 7.99. The van der Waals surface area contributed by atoms with E-state index in [-0.39, 0.29) is 0 Å². The Morgan fingerprint density at radius 3 is 2.53 bits per heavy atom. The van der Waals surface area contributed by atoms with Crippen molar-refractivity contribution in [3.05, 3.63) is 35.4 Å². The Hall–Kier alpha value is -0.470. The minimum absolute atomic E-state index is 0.477. The van der Waals surface area contributed by atoms with Gasteiger partial charge in [-0.15, -0.1) is 0 Å². The van der Waals surface area contributed by atoms with Gasteiger partial charge in [-0.05, 0) is 36.8 Å². The molecule has 2 atom stereocenters. The summed E-state index contributed by atoms with van der Waals surface area (Å²) < 4.78 is 0. The second-order valence-electron chi connectivity index (χ2n) is 4.75. The highest BCUT2D eigenvalue weighted by Crippen LogP contribution is 2.22. The van der Waals surface area contributed by atoms with Crippen LogP contribution in [-0.4, -0.2) is 18.6 Å². The molecule has 2 heteroatoms. The van der Waals surface area contributed by atoms with Crippen molar-refractivity contribution in [2.45, 2.75) is 33.2 Å². The van der Waals surface area contributed by atoms with Crippen LogP contribution in [0.1, 0.15) is 37.4 Å². The van der Waals surface area contributed by atoms with Crippen LogP contribution in [-0.2, 0) is 0 Å². The van der Waals surface area contributed by atoms with E-state index in [2.05, 4.69) is 69.2 Å². The Labute approximate surface area is 110 Å². The Balaban J connectivity index is 2.52. The summed E-state index contributed by atoms with van der Waals surface area (Å²) in [5.74, 6) is 3.25. The molecule has 0 saturated carbocycles. The standard InChI is InChI=1S/C15H25NS/c1-5-12(2)10-17-11-15(16-4)14-9-7-6-8-13(14)3/h6-9,12,15-16H,5,10-11H2,1-4H3. The minimum atomic E-state index is 0.477. The fourth-order valence-electron chi connectivity index (χ4n) is 1.81. The predicted molar refractivity (Wildman–Crippen MR) is 79.8 cm³/mol. The van der Waals surface area contributed by atoms with Gasteiger partial charge in [-0.2, -0.15) is 11.8 Å². The van der Waals surface area contributed by atoms with Crippen LogP contribution < -0.4 is 5.32 Å². The second kappa shape index (κ2) is 7.78. The number of benzene rings is 1. The molecule has 0 aliphatic rings. The molecule has 0 amide bonds. The van der Waals surface area contributed by atoms with E-state index in [9.17, 15) is 0 Å². The van der Waals surface area contributed by atoms with Gasteiger partial charge < -0.3 is 5.32 Å². The first-order valence-corrected chi connectivity index (χ1v) is 7.65. The highest BCUT2D eigenvalue weighted by atomic mass is 32.2. The smallest absolute Gasteiger partial charge is 0.0412 e. The second-order valence-corrected chi connectivity index (χ2v) is 5.82. The van der Waals surface area contributed by atoms with Gasteiger partial charge in [0.1, 0.15) is 0 Å². The van der Waals surface area contributed by atoms with Crippen LogP contribution in [0.2, 0.25) is 0 Å². The molecule has 0 saturated heterocycles. The molecule has 0 aliphatic heterocycles. The average Bonchev–Trinajstić information content (AvgIpc) is 2.35. The molecule has 0 bridgehead atoms. The van der Waals surface area contributed by atoms with Crippen LogP contribution in [0.15, 0.2) is 24.3 Å². The lowest BCUT2D eigenvalue weighted by molar-refractivity contribution is 0.629. The summed E-state index contributed by atoms with van der Waals surface area (Å²) in [5.41, 5.74) is 2.82. The van der Waals surface area contributed by atoms with Crippen molar-refractivity contribution in [3.8, 4) is 0 Å². The fourth-order valence-corrected chi connectivity index (χ4v) is 3.17. The van der Waals surface area contributed by atoms with Crippen LogP contribution in [0.25, 0.3) is 0 Å². The number of nitrogens with one attached hydrogen (secondary N) is 1. The van der Waals surface area contributed by atoms with Crippen molar-refractivity contribution in [2.24, 2.45) is 5.92 Å². The topological polar surface area (TPSA) is 12.0 Å². The zero-order valence-corrected chi connectivity index (χ0v) is 12.3. The fraction of sp³-hybridized carbons (Fsp3) is 0.600. The molecular formula is C15H25NS. The maximum absolute atomic E-state index is 3.43. The molecular weight excluding hydrogens is 226 g/mol. The molecule has 1 nitrogen and oxygen atoms in total. The van der Waals surface area contributed by atoms with Gasteiger partial charge in [-0.3, -0.25) is 0 Å². The Bertz CT molecular complexity index is 324. The van der Waals surface area contributed by atoms with Crippen LogP contribution in [0.4, 0.5) is 0 Å². The van der Waals surface area contributed by atoms with E-state index < -0.39 is 0 Å². The maximum atomic E-state index is 3.43. The molecule has 2 unspecified atom stereocenters. The number of hydrogen-bond acceptors (Lipinski definition) is 2. The first kappa shape index (κ1) is 14.6. The van der Waals surface area contributed by atoms with Crippen LogP contribution >= 0.6 is 11.8 Å². The normalized spacial score (nSPS) is 14.6. The van der Waals surface area contributed by atoms with Crippen molar-refractivity contribution in [2.75, 3.05) is 18.6 Å². The van der Waals surface area contributed by atoms with Crippen molar-refractivity contribution in [1.29, 1.82) is 0 Å². The SMILES string of the molecule is CCC(C)CSCC(NC)c1ccccc1C. The molecule has 0 fully saturated rings. The molecule has 1 rings (SSSR count). The summed E-state index contributed by atoms with van der Waals surface area (Å²) in [6, 6.07) is 9.15. The van der Waals surface area contributed by atoms with Gasteiger partial charge in [0.15, 0.2) is 0 Å². The zero-order valence-electron chi connectivity index (χ0n) is 11.5. The summed E-state index contributed by atoms with van der Waals surface area (Å²) in [5, 5.41) is 3.43. The van der Waals surface area contributed by atoms with Crippen molar-refractivity contribution < 1.29 is 0 Å². The molecule has 0 aromatic heterocycles. The zero-order chi connectivity index (χ0) is 12.7. The van der Waals surface area contributed by atoms with Crippen LogP contribution in [0.5, 0.6) is 0 Å². The molecule has 0 aliphatic carbocycles. The Morgan fingerprint density at radius 1 is 1.24 bits per heavy atom. The van der Waals surface area contributed by atoms with Crippen molar-refractivity contribution in [1.82, 2.24) is 5.32 Å². The third-order valence-corrected chi connectivity index (χ3v) is 4.67. The van der Waals surface area contributed by atoms with Gasteiger partial charge in [-0.25, -0.2) is 0 Å². The number of rotatable bonds is 7. The molecule has 1 N–H and O–H groups in total. The van der Waals surface area contributed by atoms with Crippen LogP contribution in [0, 0.1) is 12.8 Å². The lowest BCUT2D eigenvalue weighted by Crippen LogP contribution is -2.20. The van der Waals surface area contributed by atoms with E-state index in [1.807, 2.05) is 0 Å². The minimum Gasteiger partial charge on any atom is -0.312 e. The van der Waals surface area contributed by atoms with Gasteiger partial charge >= 0.3 is 0 Å². The first-order valence-electron chi connectivity index (χ1n) is 6.49. The first-order chi connectivity index (χ1) is 8.19. The van der Waals surface area contributed by atoms with E-state index in [4.69, 9.17) is 0 Å². The van der Waals surface area contributed by atoms with Crippen LogP contribution in [0.3, 0.4) is 0 Å². The molecule has 17 heavy (non-hydrogen) atoms. The Morgan fingerprint density at radius 2 is 1.94 bits per heavy atom. The quantitative estimate of drug-likeness (QED) is 0.785. The third-order valence-electron chi connectivity index (χ3n) is 3.30. The Kier molecular flexibility index (Phi) is 6.68. The third kappa shape index (κ3) is 4.72. The molecule has 1 aromatic rings.